The molecular weight excluding hydrogens is 488 g/mol. The van der Waals surface area contributed by atoms with E-state index in [0.717, 1.165) is 79.6 Å². The van der Waals surface area contributed by atoms with Gasteiger partial charge in [-0.25, -0.2) is 0 Å². The number of aliphatic imine (C=N–C) groups is 1. The van der Waals surface area contributed by atoms with Crippen molar-refractivity contribution in [2.24, 2.45) is 10.4 Å². The van der Waals surface area contributed by atoms with Gasteiger partial charge in [0.05, 0.1) is 25.7 Å². The second-order valence-corrected chi connectivity index (χ2v) is 11.6. The fourth-order valence-corrected chi connectivity index (χ4v) is 5.75. The van der Waals surface area contributed by atoms with Crippen LogP contribution in [0.15, 0.2) is 53.5 Å². The van der Waals surface area contributed by atoms with E-state index < -0.39 is 11.0 Å². The maximum atomic E-state index is 13.6. The molecule has 0 aromatic heterocycles. The van der Waals surface area contributed by atoms with Crippen LogP contribution in [0.3, 0.4) is 0 Å². The van der Waals surface area contributed by atoms with Crippen LogP contribution >= 0.6 is 0 Å². The highest BCUT2D eigenvalue weighted by Crippen LogP contribution is 2.39. The number of amides is 1. The molecule has 2 aromatic carbocycles. The second kappa shape index (κ2) is 12.8. The van der Waals surface area contributed by atoms with Crippen molar-refractivity contribution in [1.29, 1.82) is 0 Å². The molecule has 1 amide bonds. The number of para-hydroxylation sites is 1. The Bertz CT molecular complexity index is 1160. The molecule has 0 saturated heterocycles. The Labute approximate surface area is 233 Å². The zero-order valence-corrected chi connectivity index (χ0v) is 24.1. The molecule has 6 nitrogen and oxygen atoms in total. The Kier molecular flexibility index (Phi) is 9.47. The van der Waals surface area contributed by atoms with Gasteiger partial charge in [0.25, 0.3) is 5.91 Å². The fourth-order valence-electron chi connectivity index (χ4n) is 5.75. The summed E-state index contributed by atoms with van der Waals surface area (Å²) in [5.74, 6) is 1.80. The summed E-state index contributed by atoms with van der Waals surface area (Å²) >= 11 is 0. The van der Waals surface area contributed by atoms with Crippen molar-refractivity contribution < 1.29 is 19.1 Å². The number of nitrogens with zero attached hydrogens (tertiary/aromatic N) is 2. The molecule has 2 aliphatic rings. The van der Waals surface area contributed by atoms with Crippen LogP contribution in [0, 0.1) is 5.41 Å². The Hall–Kier alpha value is -3.15. The summed E-state index contributed by atoms with van der Waals surface area (Å²) in [5.41, 5.74) is 2.17. The number of hydrogen-bond donors (Lipinski definition) is 0. The zero-order chi connectivity index (χ0) is 27.9. The molecule has 1 fully saturated rings. The van der Waals surface area contributed by atoms with E-state index in [4.69, 9.17) is 14.5 Å². The first-order chi connectivity index (χ1) is 18.8. The SMILES string of the molecule is CCCCC1=NC2(CCCCC2)C(=O)N1Cc1ccc(-c2ccccc2OCCCC(C)(C)C(=O)OC)cc1. The van der Waals surface area contributed by atoms with Crippen molar-refractivity contribution in [3.8, 4) is 16.9 Å². The van der Waals surface area contributed by atoms with Crippen LogP contribution < -0.4 is 4.74 Å². The maximum absolute atomic E-state index is 13.6. The molecule has 39 heavy (non-hydrogen) atoms. The Morgan fingerprint density at radius 3 is 2.44 bits per heavy atom. The molecule has 1 heterocycles. The lowest BCUT2D eigenvalue weighted by atomic mass is 9.82. The summed E-state index contributed by atoms with van der Waals surface area (Å²) in [5, 5.41) is 0. The molecule has 0 radical (unpaired) electrons. The summed E-state index contributed by atoms with van der Waals surface area (Å²) in [6.45, 7) is 7.07. The van der Waals surface area contributed by atoms with Crippen LogP contribution in [0.2, 0.25) is 0 Å². The predicted molar refractivity (Wildman–Crippen MR) is 156 cm³/mol. The van der Waals surface area contributed by atoms with Gasteiger partial charge < -0.3 is 9.47 Å². The first kappa shape index (κ1) is 28.8. The van der Waals surface area contributed by atoms with Gasteiger partial charge >= 0.3 is 5.97 Å². The monoisotopic (exact) mass is 532 g/mol. The largest absolute Gasteiger partial charge is 0.493 e. The smallest absolute Gasteiger partial charge is 0.311 e. The topological polar surface area (TPSA) is 68.2 Å². The minimum atomic E-state index is -0.526. The maximum Gasteiger partial charge on any atom is 0.311 e. The van der Waals surface area contributed by atoms with Gasteiger partial charge in [-0.2, -0.15) is 0 Å². The quantitative estimate of drug-likeness (QED) is 0.212. The average molecular weight is 533 g/mol. The van der Waals surface area contributed by atoms with Gasteiger partial charge in [0.15, 0.2) is 0 Å². The Morgan fingerprint density at radius 2 is 1.74 bits per heavy atom. The first-order valence-corrected chi connectivity index (χ1v) is 14.6. The van der Waals surface area contributed by atoms with Crippen molar-refractivity contribution in [1.82, 2.24) is 4.90 Å². The van der Waals surface area contributed by atoms with Crippen LogP contribution in [0.25, 0.3) is 11.1 Å². The molecule has 1 saturated carbocycles. The molecule has 0 N–H and O–H groups in total. The fraction of sp³-hybridized carbons (Fsp3) is 0.545. The highest BCUT2D eigenvalue weighted by Gasteiger charge is 2.48. The summed E-state index contributed by atoms with van der Waals surface area (Å²) in [6, 6.07) is 16.5. The molecule has 0 bridgehead atoms. The van der Waals surface area contributed by atoms with Crippen molar-refractivity contribution >= 4 is 17.7 Å². The van der Waals surface area contributed by atoms with Crippen molar-refractivity contribution in [2.45, 2.75) is 97.1 Å². The van der Waals surface area contributed by atoms with E-state index in [2.05, 4.69) is 37.3 Å². The molecule has 4 rings (SSSR count). The van der Waals surface area contributed by atoms with Crippen molar-refractivity contribution in [3.05, 3.63) is 54.1 Å². The van der Waals surface area contributed by atoms with Gasteiger partial charge in [-0.3, -0.25) is 19.5 Å². The highest BCUT2D eigenvalue weighted by molar-refractivity contribution is 6.08. The summed E-state index contributed by atoms with van der Waals surface area (Å²) in [6.07, 6.45) is 9.59. The highest BCUT2D eigenvalue weighted by atomic mass is 16.5. The number of carbonyl (C=O) groups is 2. The molecule has 2 aromatic rings. The number of hydrogen-bond acceptors (Lipinski definition) is 5. The number of ether oxygens (including phenoxy) is 2. The molecule has 1 aliphatic carbocycles. The van der Waals surface area contributed by atoms with Gasteiger partial charge in [0, 0.05) is 12.0 Å². The third kappa shape index (κ3) is 6.71. The van der Waals surface area contributed by atoms with Crippen molar-refractivity contribution in [3.63, 3.8) is 0 Å². The number of benzene rings is 2. The number of rotatable bonds is 12. The van der Waals surface area contributed by atoms with E-state index in [1.807, 2.05) is 36.9 Å². The molecule has 0 atom stereocenters. The molecular formula is C33H44N2O4. The van der Waals surface area contributed by atoms with E-state index >= 15 is 0 Å². The van der Waals surface area contributed by atoms with Gasteiger partial charge in [-0.05, 0) is 63.1 Å². The molecule has 6 heteroatoms. The molecule has 0 unspecified atom stereocenters. The molecule has 210 valence electrons. The Morgan fingerprint density at radius 1 is 1.03 bits per heavy atom. The lowest BCUT2D eigenvalue weighted by Crippen LogP contribution is -2.43. The van der Waals surface area contributed by atoms with Crippen molar-refractivity contribution in [2.75, 3.05) is 13.7 Å². The lowest BCUT2D eigenvalue weighted by molar-refractivity contribution is -0.151. The standard InChI is InChI=1S/C33H44N2O4/c1-5-6-15-29-34-33(21-10-7-11-22-33)30(36)35(29)24-25-16-18-26(19-17-25)27-13-8-9-14-28(27)39-23-12-20-32(2,3)31(37)38-4/h8-9,13-14,16-19H,5-7,10-12,15,20-24H2,1-4H3. The summed E-state index contributed by atoms with van der Waals surface area (Å²) in [4.78, 5) is 32.6. The molecule has 1 aliphatic heterocycles. The zero-order valence-electron chi connectivity index (χ0n) is 24.1. The normalized spacial score (nSPS) is 16.9. The van der Waals surface area contributed by atoms with Gasteiger partial charge in [0.1, 0.15) is 17.1 Å². The van der Waals surface area contributed by atoms with Crippen LogP contribution in [0.5, 0.6) is 5.75 Å². The number of esters is 1. The average Bonchev–Trinajstić information content (AvgIpc) is 3.20. The van der Waals surface area contributed by atoms with E-state index in [9.17, 15) is 9.59 Å². The number of amidine groups is 1. The number of carbonyl (C=O) groups excluding carboxylic acids is 2. The van der Waals surface area contributed by atoms with Gasteiger partial charge in [-0.1, -0.05) is 75.1 Å². The summed E-state index contributed by atoms with van der Waals surface area (Å²) < 4.78 is 11.1. The predicted octanol–water partition coefficient (Wildman–Crippen LogP) is 7.35. The van der Waals surface area contributed by atoms with Crippen LogP contribution in [0.1, 0.15) is 90.5 Å². The third-order valence-corrected chi connectivity index (χ3v) is 8.17. The number of methoxy groups -OCH3 is 1. The minimum absolute atomic E-state index is 0.198. The lowest BCUT2D eigenvalue weighted by Gasteiger charge is -2.29. The van der Waals surface area contributed by atoms with E-state index in [-0.39, 0.29) is 11.9 Å². The summed E-state index contributed by atoms with van der Waals surface area (Å²) in [7, 11) is 1.43. The van der Waals surface area contributed by atoms with Gasteiger partial charge in [-0.15, -0.1) is 0 Å². The van der Waals surface area contributed by atoms with E-state index in [1.54, 1.807) is 0 Å². The Balaban J connectivity index is 1.42. The van der Waals surface area contributed by atoms with E-state index in [0.29, 0.717) is 19.6 Å². The first-order valence-electron chi connectivity index (χ1n) is 14.6. The van der Waals surface area contributed by atoms with E-state index in [1.165, 1.54) is 13.5 Å². The second-order valence-electron chi connectivity index (χ2n) is 11.6. The molecule has 1 spiro atoms. The van der Waals surface area contributed by atoms with Crippen LogP contribution in [0.4, 0.5) is 0 Å². The number of unbranched alkanes of at least 4 members (excludes halogenated alkanes) is 1. The van der Waals surface area contributed by atoms with Crippen LogP contribution in [-0.4, -0.2) is 41.9 Å². The van der Waals surface area contributed by atoms with Crippen LogP contribution in [-0.2, 0) is 20.9 Å². The minimum Gasteiger partial charge on any atom is -0.493 e. The third-order valence-electron chi connectivity index (χ3n) is 8.17. The van der Waals surface area contributed by atoms with Gasteiger partial charge in [0.2, 0.25) is 0 Å².